The molecule has 1 heterocycles. The number of hydrogen-bond acceptors (Lipinski definition) is 3. The number of phenolic OH excluding ortho intramolecular Hbond substituents is 1. The highest BCUT2D eigenvalue weighted by atomic mass is 32.1. The maximum atomic E-state index is 13.8. The Kier molecular flexibility index (Phi) is 3.89. The number of phenols is 1. The lowest BCUT2D eigenvalue weighted by molar-refractivity contribution is 0.103. The lowest BCUT2D eigenvalue weighted by atomic mass is 10.2. The van der Waals surface area contributed by atoms with Gasteiger partial charge in [-0.3, -0.25) is 4.79 Å². The van der Waals surface area contributed by atoms with Crippen molar-refractivity contribution >= 4 is 22.9 Å². The molecule has 22 heavy (non-hydrogen) atoms. The Labute approximate surface area is 130 Å². The van der Waals surface area contributed by atoms with Gasteiger partial charge in [0, 0.05) is 22.2 Å². The van der Waals surface area contributed by atoms with E-state index in [0.29, 0.717) is 21.0 Å². The van der Waals surface area contributed by atoms with Gasteiger partial charge in [-0.15, -0.1) is 11.3 Å². The number of nitrogens with one attached hydrogen (secondary N) is 1. The highest BCUT2D eigenvalue weighted by Crippen LogP contribution is 2.30. The molecule has 5 heteroatoms. The molecule has 1 amide bonds. The fourth-order valence-corrected chi connectivity index (χ4v) is 2.97. The second-order valence-electron chi connectivity index (χ2n) is 4.65. The van der Waals surface area contributed by atoms with Crippen LogP contribution < -0.4 is 5.32 Å². The molecule has 0 radical (unpaired) electrons. The van der Waals surface area contributed by atoms with Crippen LogP contribution in [0, 0.1) is 5.82 Å². The fraction of sp³-hybridized carbons (Fsp3) is 0. The topological polar surface area (TPSA) is 49.3 Å². The van der Waals surface area contributed by atoms with Crippen LogP contribution in [0.2, 0.25) is 0 Å². The number of carbonyl (C=O) groups excluding carboxylic acids is 1. The summed E-state index contributed by atoms with van der Waals surface area (Å²) in [5, 5.41) is 12.1. The molecular weight excluding hydrogens is 301 g/mol. The third kappa shape index (κ3) is 2.99. The number of hydrogen-bond donors (Lipinski definition) is 2. The summed E-state index contributed by atoms with van der Waals surface area (Å²) in [5.41, 5.74) is 0.981. The summed E-state index contributed by atoms with van der Waals surface area (Å²) in [7, 11) is 0. The first-order valence-electron chi connectivity index (χ1n) is 6.58. The number of halogens is 1. The zero-order valence-corrected chi connectivity index (χ0v) is 12.2. The van der Waals surface area contributed by atoms with E-state index >= 15 is 0 Å². The molecule has 0 bridgehead atoms. The largest absolute Gasteiger partial charge is 0.508 e. The Morgan fingerprint density at radius 3 is 2.64 bits per heavy atom. The van der Waals surface area contributed by atoms with Gasteiger partial charge in [-0.1, -0.05) is 24.3 Å². The van der Waals surface area contributed by atoms with Crippen LogP contribution in [-0.2, 0) is 0 Å². The molecule has 3 aromatic rings. The van der Waals surface area contributed by atoms with Crippen molar-refractivity contribution in [2.45, 2.75) is 0 Å². The minimum Gasteiger partial charge on any atom is -0.508 e. The number of carbonyl (C=O) groups is 1. The third-order valence-electron chi connectivity index (χ3n) is 3.07. The average molecular weight is 313 g/mol. The Balaban J connectivity index is 1.82. The summed E-state index contributed by atoms with van der Waals surface area (Å²) >= 11 is 1.22. The van der Waals surface area contributed by atoms with Gasteiger partial charge in [0.1, 0.15) is 11.6 Å². The standard InChI is InChI=1S/C17H12FNO2S/c18-14-7-2-1-6-13(14)15-8-9-16(22-15)17(21)19-11-4-3-5-12(20)10-11/h1-10,20H,(H,19,21). The summed E-state index contributed by atoms with van der Waals surface area (Å²) in [6.07, 6.45) is 0. The number of benzene rings is 2. The van der Waals surface area contributed by atoms with Crippen LogP contribution in [-0.4, -0.2) is 11.0 Å². The van der Waals surface area contributed by atoms with Crippen molar-refractivity contribution in [1.82, 2.24) is 0 Å². The van der Waals surface area contributed by atoms with Crippen LogP contribution >= 0.6 is 11.3 Å². The highest BCUT2D eigenvalue weighted by molar-refractivity contribution is 7.17. The summed E-state index contributed by atoms with van der Waals surface area (Å²) in [6.45, 7) is 0. The number of thiophene rings is 1. The van der Waals surface area contributed by atoms with Crippen LogP contribution in [0.15, 0.2) is 60.7 Å². The van der Waals surface area contributed by atoms with Crippen molar-refractivity contribution < 1.29 is 14.3 Å². The zero-order chi connectivity index (χ0) is 15.5. The first-order chi connectivity index (χ1) is 10.6. The molecule has 110 valence electrons. The van der Waals surface area contributed by atoms with Crippen molar-refractivity contribution in [1.29, 1.82) is 0 Å². The highest BCUT2D eigenvalue weighted by Gasteiger charge is 2.12. The van der Waals surface area contributed by atoms with E-state index in [-0.39, 0.29) is 17.5 Å². The van der Waals surface area contributed by atoms with Crippen LogP contribution in [0.1, 0.15) is 9.67 Å². The maximum Gasteiger partial charge on any atom is 0.265 e. The number of rotatable bonds is 3. The fourth-order valence-electron chi connectivity index (χ4n) is 2.04. The van der Waals surface area contributed by atoms with Crippen LogP contribution in [0.25, 0.3) is 10.4 Å². The van der Waals surface area contributed by atoms with E-state index in [2.05, 4.69) is 5.32 Å². The van der Waals surface area contributed by atoms with Gasteiger partial charge in [0.25, 0.3) is 5.91 Å². The molecule has 0 saturated heterocycles. The lowest BCUT2D eigenvalue weighted by Gasteiger charge is -2.03. The molecule has 0 saturated carbocycles. The molecule has 0 aliphatic rings. The Morgan fingerprint density at radius 1 is 1.05 bits per heavy atom. The van der Waals surface area contributed by atoms with E-state index in [1.54, 1.807) is 42.5 Å². The van der Waals surface area contributed by atoms with E-state index in [0.717, 1.165) is 0 Å². The Bertz CT molecular complexity index is 829. The third-order valence-corrected chi connectivity index (χ3v) is 4.19. The molecule has 2 N–H and O–H groups in total. The summed E-state index contributed by atoms with van der Waals surface area (Å²) in [5.74, 6) is -0.529. The normalized spacial score (nSPS) is 10.4. The molecule has 0 aliphatic heterocycles. The van der Waals surface area contributed by atoms with E-state index < -0.39 is 0 Å². The molecule has 3 rings (SSSR count). The van der Waals surface area contributed by atoms with Gasteiger partial charge >= 0.3 is 0 Å². The maximum absolute atomic E-state index is 13.8. The molecule has 0 atom stereocenters. The van der Waals surface area contributed by atoms with E-state index in [9.17, 15) is 14.3 Å². The van der Waals surface area contributed by atoms with Gasteiger partial charge in [0.2, 0.25) is 0 Å². The molecule has 0 aliphatic carbocycles. The average Bonchev–Trinajstić information content (AvgIpc) is 2.97. The van der Waals surface area contributed by atoms with Crippen molar-refractivity contribution in [3.63, 3.8) is 0 Å². The van der Waals surface area contributed by atoms with Gasteiger partial charge in [-0.2, -0.15) is 0 Å². The molecule has 1 aromatic heterocycles. The Hall–Kier alpha value is -2.66. The molecule has 0 fully saturated rings. The van der Waals surface area contributed by atoms with Crippen LogP contribution in [0.3, 0.4) is 0 Å². The molecule has 0 unspecified atom stereocenters. The Morgan fingerprint density at radius 2 is 1.86 bits per heavy atom. The predicted molar refractivity (Wildman–Crippen MR) is 85.8 cm³/mol. The number of anilines is 1. The molecule has 0 spiro atoms. The van der Waals surface area contributed by atoms with Crippen LogP contribution in [0.4, 0.5) is 10.1 Å². The quantitative estimate of drug-likeness (QED) is 0.747. The summed E-state index contributed by atoms with van der Waals surface area (Å²) in [6, 6.07) is 16.1. The van der Waals surface area contributed by atoms with E-state index in [1.165, 1.54) is 29.5 Å². The van der Waals surface area contributed by atoms with Gasteiger partial charge in [0.15, 0.2) is 0 Å². The van der Waals surface area contributed by atoms with Gasteiger partial charge in [0.05, 0.1) is 4.88 Å². The van der Waals surface area contributed by atoms with E-state index in [4.69, 9.17) is 0 Å². The SMILES string of the molecule is O=C(Nc1cccc(O)c1)c1ccc(-c2ccccc2F)s1. The van der Waals surface area contributed by atoms with Gasteiger partial charge in [-0.25, -0.2) is 4.39 Å². The summed E-state index contributed by atoms with van der Waals surface area (Å²) < 4.78 is 13.8. The minimum atomic E-state index is -0.315. The molecular formula is C17H12FNO2S. The lowest BCUT2D eigenvalue weighted by Crippen LogP contribution is -2.09. The van der Waals surface area contributed by atoms with Gasteiger partial charge in [-0.05, 0) is 30.3 Å². The predicted octanol–water partition coefficient (Wildman–Crippen LogP) is 4.51. The second kappa shape index (κ2) is 5.99. The van der Waals surface area contributed by atoms with E-state index in [1.807, 2.05) is 0 Å². The van der Waals surface area contributed by atoms with Crippen molar-refractivity contribution in [2.24, 2.45) is 0 Å². The first-order valence-corrected chi connectivity index (χ1v) is 7.40. The monoisotopic (exact) mass is 313 g/mol. The van der Waals surface area contributed by atoms with Crippen molar-refractivity contribution in [3.8, 4) is 16.2 Å². The zero-order valence-electron chi connectivity index (χ0n) is 11.4. The van der Waals surface area contributed by atoms with Crippen LogP contribution in [0.5, 0.6) is 5.75 Å². The first kappa shape index (κ1) is 14.3. The smallest absolute Gasteiger partial charge is 0.265 e. The number of aromatic hydroxyl groups is 1. The number of amides is 1. The second-order valence-corrected chi connectivity index (χ2v) is 5.73. The van der Waals surface area contributed by atoms with Gasteiger partial charge < -0.3 is 10.4 Å². The van der Waals surface area contributed by atoms with Crippen molar-refractivity contribution in [2.75, 3.05) is 5.32 Å². The molecule has 3 nitrogen and oxygen atoms in total. The van der Waals surface area contributed by atoms with Crippen molar-refractivity contribution in [3.05, 3.63) is 71.4 Å². The molecule has 2 aromatic carbocycles. The summed E-state index contributed by atoms with van der Waals surface area (Å²) in [4.78, 5) is 13.3. The minimum absolute atomic E-state index is 0.0797.